The van der Waals surface area contributed by atoms with Crippen molar-refractivity contribution in [2.24, 2.45) is 0 Å². The van der Waals surface area contributed by atoms with Crippen molar-refractivity contribution in [2.45, 2.75) is 0 Å². The van der Waals surface area contributed by atoms with Crippen molar-refractivity contribution in [1.82, 2.24) is 15.1 Å². The third-order valence-corrected chi connectivity index (χ3v) is 6.54. The zero-order valence-corrected chi connectivity index (χ0v) is 16.8. The molecule has 2 aromatic heterocycles. The lowest BCUT2D eigenvalue weighted by Crippen LogP contribution is -2.48. The van der Waals surface area contributed by atoms with Crippen LogP contribution in [0.2, 0.25) is 0 Å². The van der Waals surface area contributed by atoms with Gasteiger partial charge in [-0.2, -0.15) is 0 Å². The van der Waals surface area contributed by atoms with Gasteiger partial charge in [0.15, 0.2) is 5.01 Å². The molecular formula is C19H18N4O3S2. The number of methoxy groups -OCH3 is 1. The lowest BCUT2D eigenvalue weighted by atomic mass is 10.1. The van der Waals surface area contributed by atoms with Crippen LogP contribution in [0, 0.1) is 0 Å². The summed E-state index contributed by atoms with van der Waals surface area (Å²) in [5.41, 5.74) is 0.870. The number of amides is 1. The summed E-state index contributed by atoms with van der Waals surface area (Å²) in [6.45, 7) is 2.58. The smallest absolute Gasteiger partial charge is 0.337 e. The topological polar surface area (TPSA) is 75.6 Å². The first kappa shape index (κ1) is 18.6. The van der Waals surface area contributed by atoms with Crippen LogP contribution in [-0.4, -0.2) is 60.3 Å². The summed E-state index contributed by atoms with van der Waals surface area (Å²) >= 11 is 3.22. The van der Waals surface area contributed by atoms with E-state index in [1.165, 1.54) is 7.11 Å². The first-order valence-corrected chi connectivity index (χ1v) is 10.5. The third kappa shape index (κ3) is 3.76. The number of esters is 1. The molecule has 1 aromatic carbocycles. The first-order chi connectivity index (χ1) is 13.7. The fourth-order valence-electron chi connectivity index (χ4n) is 3.02. The maximum absolute atomic E-state index is 12.8. The second-order valence-electron chi connectivity index (χ2n) is 6.22. The first-order valence-electron chi connectivity index (χ1n) is 8.75. The van der Waals surface area contributed by atoms with Crippen LogP contribution in [-0.2, 0) is 4.74 Å². The molecule has 1 amide bonds. The predicted molar refractivity (Wildman–Crippen MR) is 109 cm³/mol. The maximum atomic E-state index is 12.8. The van der Waals surface area contributed by atoms with Crippen LogP contribution in [0.3, 0.4) is 0 Å². The standard InChI is InChI=1S/C19H18N4O3S2/c1-26-18(25)14-5-2-4-13(12-14)17(24)22-7-9-23(10-8-22)19-21-20-16(28-19)15-6-3-11-27-15/h2-6,11-12H,7-10H2,1H3. The monoisotopic (exact) mass is 414 g/mol. The Bertz CT molecular complexity index is 979. The Balaban J connectivity index is 1.40. The van der Waals surface area contributed by atoms with E-state index in [2.05, 4.69) is 15.1 Å². The number of ether oxygens (including phenoxy) is 1. The van der Waals surface area contributed by atoms with Gasteiger partial charge >= 0.3 is 5.97 Å². The zero-order valence-electron chi connectivity index (χ0n) is 15.2. The van der Waals surface area contributed by atoms with Crippen molar-refractivity contribution < 1.29 is 14.3 Å². The number of thiophene rings is 1. The average molecular weight is 415 g/mol. The number of piperazine rings is 1. The number of carbonyl (C=O) groups is 2. The fourth-order valence-corrected chi connectivity index (χ4v) is 4.71. The molecule has 1 aliphatic heterocycles. The van der Waals surface area contributed by atoms with E-state index < -0.39 is 5.97 Å². The molecule has 1 aliphatic rings. The van der Waals surface area contributed by atoms with E-state index in [9.17, 15) is 9.59 Å². The van der Waals surface area contributed by atoms with Crippen molar-refractivity contribution in [3.63, 3.8) is 0 Å². The molecular weight excluding hydrogens is 396 g/mol. The number of nitrogens with zero attached hydrogens (tertiary/aromatic N) is 4. The average Bonchev–Trinajstić information content (AvgIpc) is 3.44. The number of hydrogen-bond acceptors (Lipinski definition) is 8. The SMILES string of the molecule is COC(=O)c1cccc(C(=O)N2CCN(c3nnc(-c4cccs4)s3)CC2)c1. The molecule has 0 atom stereocenters. The van der Waals surface area contributed by atoms with E-state index in [1.54, 1.807) is 51.8 Å². The highest BCUT2D eigenvalue weighted by Gasteiger charge is 2.25. The minimum Gasteiger partial charge on any atom is -0.465 e. The summed E-state index contributed by atoms with van der Waals surface area (Å²) in [7, 11) is 1.33. The van der Waals surface area contributed by atoms with Crippen molar-refractivity contribution in [1.29, 1.82) is 0 Å². The lowest BCUT2D eigenvalue weighted by molar-refractivity contribution is 0.0600. The molecule has 0 saturated carbocycles. The summed E-state index contributed by atoms with van der Waals surface area (Å²) in [5.74, 6) is -0.528. The summed E-state index contributed by atoms with van der Waals surface area (Å²) in [4.78, 5) is 29.6. The Morgan fingerprint density at radius 1 is 1.04 bits per heavy atom. The van der Waals surface area contributed by atoms with E-state index in [-0.39, 0.29) is 5.91 Å². The van der Waals surface area contributed by atoms with Crippen LogP contribution in [0.25, 0.3) is 9.88 Å². The van der Waals surface area contributed by atoms with Crippen LogP contribution in [0.5, 0.6) is 0 Å². The van der Waals surface area contributed by atoms with Crippen LogP contribution >= 0.6 is 22.7 Å². The number of carbonyl (C=O) groups excluding carboxylic acids is 2. The van der Waals surface area contributed by atoms with Gasteiger partial charge in [-0.25, -0.2) is 4.79 Å². The van der Waals surface area contributed by atoms with Gasteiger partial charge in [0.05, 0.1) is 17.6 Å². The van der Waals surface area contributed by atoms with Crippen LogP contribution < -0.4 is 4.90 Å². The van der Waals surface area contributed by atoms with Gasteiger partial charge in [0.1, 0.15) is 0 Å². The van der Waals surface area contributed by atoms with E-state index in [4.69, 9.17) is 4.74 Å². The fraction of sp³-hybridized carbons (Fsp3) is 0.263. The summed E-state index contributed by atoms with van der Waals surface area (Å²) < 4.78 is 4.73. The number of aromatic nitrogens is 2. The van der Waals surface area contributed by atoms with Crippen molar-refractivity contribution in [3.8, 4) is 9.88 Å². The van der Waals surface area contributed by atoms with Gasteiger partial charge in [0, 0.05) is 31.7 Å². The molecule has 9 heteroatoms. The molecule has 0 bridgehead atoms. The predicted octanol–water partition coefficient (Wildman–Crippen LogP) is 3.02. The minimum absolute atomic E-state index is 0.0815. The molecule has 0 unspecified atom stereocenters. The molecule has 144 valence electrons. The Labute approximate surface area is 170 Å². The van der Waals surface area contributed by atoms with E-state index in [0.717, 1.165) is 15.0 Å². The Kier molecular flexibility index (Phi) is 5.36. The summed E-state index contributed by atoms with van der Waals surface area (Å²) in [6.07, 6.45) is 0. The molecule has 0 spiro atoms. The molecule has 0 aliphatic carbocycles. The van der Waals surface area contributed by atoms with Crippen LogP contribution in [0.15, 0.2) is 41.8 Å². The molecule has 1 saturated heterocycles. The van der Waals surface area contributed by atoms with Crippen molar-refractivity contribution in [2.75, 3.05) is 38.2 Å². The molecule has 3 aromatic rings. The number of hydrogen-bond donors (Lipinski definition) is 0. The maximum Gasteiger partial charge on any atom is 0.337 e. The third-order valence-electron chi connectivity index (χ3n) is 4.51. The second kappa shape index (κ2) is 8.07. The van der Waals surface area contributed by atoms with Gasteiger partial charge in [0.25, 0.3) is 5.91 Å². The number of benzene rings is 1. The highest BCUT2D eigenvalue weighted by molar-refractivity contribution is 7.22. The van der Waals surface area contributed by atoms with Crippen LogP contribution in [0.1, 0.15) is 20.7 Å². The van der Waals surface area contributed by atoms with E-state index in [1.807, 2.05) is 17.5 Å². The molecule has 3 heterocycles. The van der Waals surface area contributed by atoms with Crippen molar-refractivity contribution in [3.05, 3.63) is 52.9 Å². The van der Waals surface area contributed by atoms with Gasteiger partial charge in [0.2, 0.25) is 5.13 Å². The largest absolute Gasteiger partial charge is 0.465 e. The quantitative estimate of drug-likeness (QED) is 0.611. The zero-order chi connectivity index (χ0) is 19.5. The molecule has 4 rings (SSSR count). The molecule has 0 radical (unpaired) electrons. The summed E-state index contributed by atoms with van der Waals surface area (Å²) in [5, 5.41) is 12.4. The van der Waals surface area contributed by atoms with Gasteiger partial charge in [-0.05, 0) is 29.6 Å². The van der Waals surface area contributed by atoms with Crippen LogP contribution in [0.4, 0.5) is 5.13 Å². The van der Waals surface area contributed by atoms with E-state index >= 15 is 0 Å². The van der Waals surface area contributed by atoms with Gasteiger partial charge < -0.3 is 14.5 Å². The van der Waals surface area contributed by atoms with Gasteiger partial charge in [-0.1, -0.05) is 23.5 Å². The highest BCUT2D eigenvalue weighted by atomic mass is 32.1. The summed E-state index contributed by atoms with van der Waals surface area (Å²) in [6, 6.07) is 10.7. The van der Waals surface area contributed by atoms with E-state index in [0.29, 0.717) is 37.3 Å². The number of anilines is 1. The number of rotatable bonds is 4. The normalized spacial score (nSPS) is 14.2. The van der Waals surface area contributed by atoms with Gasteiger partial charge in [-0.3, -0.25) is 4.79 Å². The molecule has 1 fully saturated rings. The lowest BCUT2D eigenvalue weighted by Gasteiger charge is -2.34. The Hall–Kier alpha value is -2.78. The minimum atomic E-state index is -0.447. The Morgan fingerprint density at radius 2 is 1.82 bits per heavy atom. The molecule has 28 heavy (non-hydrogen) atoms. The van der Waals surface area contributed by atoms with Crippen molar-refractivity contribution >= 4 is 39.7 Å². The van der Waals surface area contributed by atoms with Gasteiger partial charge in [-0.15, -0.1) is 21.5 Å². The molecule has 0 N–H and O–H groups in total. The second-order valence-corrected chi connectivity index (χ2v) is 8.12. The highest BCUT2D eigenvalue weighted by Crippen LogP contribution is 2.31. The molecule has 7 nitrogen and oxygen atoms in total. The Morgan fingerprint density at radius 3 is 2.54 bits per heavy atom.